The molecule has 1 N–H and O–H groups in total. The second-order valence-corrected chi connectivity index (χ2v) is 5.54. The number of nitrogens with one attached hydrogen (secondary N) is 1. The minimum Gasteiger partial charge on any atom is -0.336 e. The smallest absolute Gasteiger partial charge is 0.272 e. The van der Waals surface area contributed by atoms with Gasteiger partial charge in [-0.25, -0.2) is 9.37 Å². The predicted octanol–water partition coefficient (Wildman–Crippen LogP) is 1.68. The summed E-state index contributed by atoms with van der Waals surface area (Å²) in [7, 11) is 1.83. The Morgan fingerprint density at radius 2 is 2.24 bits per heavy atom. The Kier molecular flexibility index (Phi) is 5.70. The third-order valence-electron chi connectivity index (χ3n) is 4.05. The van der Waals surface area contributed by atoms with E-state index in [0.29, 0.717) is 25.5 Å². The topological polar surface area (TPSA) is 93.3 Å². The Morgan fingerprint density at radius 1 is 1.48 bits per heavy atom. The molecular formula is C15H17ClFN5O3. The van der Waals surface area contributed by atoms with Gasteiger partial charge in [0.15, 0.2) is 0 Å². The molecule has 1 aliphatic heterocycles. The second kappa shape index (κ2) is 7.58. The first-order valence-corrected chi connectivity index (χ1v) is 7.42. The fraction of sp³-hybridized carbons (Fsp3) is 0.333. The van der Waals surface area contributed by atoms with E-state index in [1.165, 1.54) is 0 Å². The maximum absolute atomic E-state index is 14.2. The molecule has 1 amide bonds. The number of hydrogen-bond donors (Lipinski definition) is 1. The molecule has 0 bridgehead atoms. The van der Waals surface area contributed by atoms with Crippen molar-refractivity contribution in [2.45, 2.75) is 6.04 Å². The van der Waals surface area contributed by atoms with Gasteiger partial charge in [-0.15, -0.1) is 12.4 Å². The lowest BCUT2D eigenvalue weighted by atomic mass is 10.1. The molecule has 1 saturated heterocycles. The molecule has 2 aromatic rings. The molecule has 134 valence electrons. The van der Waals surface area contributed by atoms with Gasteiger partial charge < -0.3 is 14.8 Å². The van der Waals surface area contributed by atoms with Crippen molar-refractivity contribution in [2.75, 3.05) is 19.6 Å². The Labute approximate surface area is 149 Å². The first kappa shape index (κ1) is 18.8. The maximum atomic E-state index is 14.2. The standard InChI is InChI=1S/C15H16FN5O3.ClH/c1-19-6-5-18-14(19)13-9-17-4-7-20(13)15(22)11-3-2-10(21(23)24)8-12(11)16;/h2-3,5-6,8,13,17H,4,7,9H2,1H3;1H. The van der Waals surface area contributed by atoms with Gasteiger partial charge in [0.25, 0.3) is 11.6 Å². The monoisotopic (exact) mass is 369 g/mol. The minimum absolute atomic E-state index is 0. The number of carbonyl (C=O) groups excluding carboxylic acids is 1. The highest BCUT2D eigenvalue weighted by molar-refractivity contribution is 5.95. The number of imidazole rings is 1. The summed E-state index contributed by atoms with van der Waals surface area (Å²) >= 11 is 0. The van der Waals surface area contributed by atoms with E-state index < -0.39 is 16.6 Å². The number of hydrogen-bond acceptors (Lipinski definition) is 5. The van der Waals surface area contributed by atoms with E-state index in [0.717, 1.165) is 18.2 Å². The van der Waals surface area contributed by atoms with Gasteiger partial charge in [0.05, 0.1) is 16.6 Å². The number of nitro groups is 1. The van der Waals surface area contributed by atoms with Crippen LogP contribution in [0.5, 0.6) is 0 Å². The van der Waals surface area contributed by atoms with E-state index in [9.17, 15) is 19.3 Å². The van der Waals surface area contributed by atoms with Crippen molar-refractivity contribution in [3.8, 4) is 0 Å². The van der Waals surface area contributed by atoms with Crippen LogP contribution in [0.2, 0.25) is 0 Å². The summed E-state index contributed by atoms with van der Waals surface area (Å²) in [5.41, 5.74) is -0.563. The molecule has 0 radical (unpaired) electrons. The molecule has 1 aromatic heterocycles. The van der Waals surface area contributed by atoms with Crippen LogP contribution in [0.4, 0.5) is 10.1 Å². The molecule has 10 heteroatoms. The maximum Gasteiger partial charge on any atom is 0.272 e. The minimum atomic E-state index is -0.897. The van der Waals surface area contributed by atoms with Crippen LogP contribution < -0.4 is 5.32 Å². The lowest BCUT2D eigenvalue weighted by Gasteiger charge is -2.35. The van der Waals surface area contributed by atoms with Crippen molar-refractivity contribution in [1.82, 2.24) is 19.8 Å². The van der Waals surface area contributed by atoms with Gasteiger partial charge in [0.1, 0.15) is 17.7 Å². The van der Waals surface area contributed by atoms with Gasteiger partial charge in [-0.05, 0) is 6.07 Å². The van der Waals surface area contributed by atoms with Crippen LogP contribution in [-0.2, 0) is 7.05 Å². The van der Waals surface area contributed by atoms with E-state index in [1.54, 1.807) is 17.3 Å². The number of nitro benzene ring substituents is 1. The molecule has 1 atom stereocenters. The van der Waals surface area contributed by atoms with Crippen LogP contribution in [-0.4, -0.2) is 44.9 Å². The van der Waals surface area contributed by atoms with Crippen molar-refractivity contribution in [3.05, 3.63) is 57.9 Å². The molecule has 1 fully saturated rings. The Morgan fingerprint density at radius 3 is 2.84 bits per heavy atom. The van der Waals surface area contributed by atoms with E-state index >= 15 is 0 Å². The van der Waals surface area contributed by atoms with E-state index in [2.05, 4.69) is 10.3 Å². The fourth-order valence-corrected chi connectivity index (χ4v) is 2.82. The molecule has 1 unspecified atom stereocenters. The number of halogens is 2. The molecule has 0 saturated carbocycles. The van der Waals surface area contributed by atoms with Crippen LogP contribution in [0.3, 0.4) is 0 Å². The third kappa shape index (κ3) is 3.62. The highest BCUT2D eigenvalue weighted by Crippen LogP contribution is 2.25. The number of nitrogens with zero attached hydrogens (tertiary/aromatic N) is 4. The van der Waals surface area contributed by atoms with Gasteiger partial charge in [0, 0.05) is 45.1 Å². The van der Waals surface area contributed by atoms with Gasteiger partial charge in [-0.3, -0.25) is 14.9 Å². The average molecular weight is 370 g/mol. The molecular weight excluding hydrogens is 353 g/mol. The predicted molar refractivity (Wildman–Crippen MR) is 90.2 cm³/mol. The summed E-state index contributed by atoms with van der Waals surface area (Å²) in [5, 5.41) is 13.9. The highest BCUT2D eigenvalue weighted by atomic mass is 35.5. The van der Waals surface area contributed by atoms with E-state index in [4.69, 9.17) is 0 Å². The number of amides is 1. The van der Waals surface area contributed by atoms with Crippen molar-refractivity contribution in [1.29, 1.82) is 0 Å². The molecule has 0 aliphatic carbocycles. The van der Waals surface area contributed by atoms with Crippen molar-refractivity contribution in [2.24, 2.45) is 7.05 Å². The summed E-state index contributed by atoms with van der Waals surface area (Å²) in [5.74, 6) is -0.707. The van der Waals surface area contributed by atoms with E-state index in [-0.39, 0.29) is 29.7 Å². The molecule has 2 heterocycles. The zero-order chi connectivity index (χ0) is 17.3. The van der Waals surface area contributed by atoms with Crippen LogP contribution in [0, 0.1) is 15.9 Å². The van der Waals surface area contributed by atoms with Crippen molar-refractivity contribution in [3.63, 3.8) is 0 Å². The number of piperazine rings is 1. The highest BCUT2D eigenvalue weighted by Gasteiger charge is 2.32. The Hall–Kier alpha value is -2.52. The molecule has 1 aromatic carbocycles. The van der Waals surface area contributed by atoms with Crippen LogP contribution in [0.15, 0.2) is 30.6 Å². The molecule has 1 aliphatic rings. The first-order chi connectivity index (χ1) is 11.5. The number of aromatic nitrogens is 2. The Balaban J connectivity index is 0.00000225. The number of benzene rings is 1. The van der Waals surface area contributed by atoms with Crippen molar-refractivity contribution < 1.29 is 14.1 Å². The SMILES string of the molecule is Cl.Cn1ccnc1C1CNCCN1C(=O)c1ccc([N+](=O)[O-])cc1F. The molecule has 3 rings (SSSR count). The van der Waals surface area contributed by atoms with Gasteiger partial charge in [0.2, 0.25) is 0 Å². The molecule has 25 heavy (non-hydrogen) atoms. The zero-order valence-electron chi connectivity index (χ0n) is 13.4. The summed E-state index contributed by atoms with van der Waals surface area (Å²) < 4.78 is 16.0. The quantitative estimate of drug-likeness (QED) is 0.656. The fourth-order valence-electron chi connectivity index (χ4n) is 2.82. The molecule has 0 spiro atoms. The lowest BCUT2D eigenvalue weighted by molar-refractivity contribution is -0.385. The normalized spacial score (nSPS) is 17.0. The van der Waals surface area contributed by atoms with Gasteiger partial charge in [-0.2, -0.15) is 0 Å². The number of non-ortho nitro benzene ring substituents is 1. The summed E-state index contributed by atoms with van der Waals surface area (Å²) in [6, 6.07) is 2.73. The lowest BCUT2D eigenvalue weighted by Crippen LogP contribution is -2.49. The average Bonchev–Trinajstić information content (AvgIpc) is 3.00. The Bertz CT molecular complexity index is 797. The van der Waals surface area contributed by atoms with E-state index in [1.807, 2.05) is 11.6 Å². The van der Waals surface area contributed by atoms with Gasteiger partial charge >= 0.3 is 0 Å². The number of carbonyl (C=O) groups is 1. The van der Waals surface area contributed by atoms with Crippen molar-refractivity contribution >= 4 is 24.0 Å². The molecule has 8 nitrogen and oxygen atoms in total. The van der Waals surface area contributed by atoms with Crippen LogP contribution in [0.1, 0.15) is 22.2 Å². The summed E-state index contributed by atoms with van der Waals surface area (Å²) in [6.07, 6.45) is 3.41. The largest absolute Gasteiger partial charge is 0.336 e. The zero-order valence-corrected chi connectivity index (χ0v) is 14.2. The van der Waals surface area contributed by atoms with Crippen LogP contribution in [0.25, 0.3) is 0 Å². The second-order valence-electron chi connectivity index (χ2n) is 5.54. The number of rotatable bonds is 3. The number of aryl methyl sites for hydroxylation is 1. The summed E-state index contributed by atoms with van der Waals surface area (Å²) in [6.45, 7) is 1.49. The summed E-state index contributed by atoms with van der Waals surface area (Å²) in [4.78, 5) is 28.6. The van der Waals surface area contributed by atoms with Gasteiger partial charge in [-0.1, -0.05) is 0 Å². The first-order valence-electron chi connectivity index (χ1n) is 7.42. The van der Waals surface area contributed by atoms with Crippen LogP contribution >= 0.6 is 12.4 Å². The third-order valence-corrected chi connectivity index (χ3v) is 4.05.